The Morgan fingerprint density at radius 1 is 0.935 bits per heavy atom. The van der Waals surface area contributed by atoms with Crippen LogP contribution in [0.4, 0.5) is 4.39 Å². The van der Waals surface area contributed by atoms with Crippen LogP contribution in [0.5, 0.6) is 0 Å². The van der Waals surface area contributed by atoms with Crippen LogP contribution < -0.4 is 0 Å². The molecule has 5 aliphatic carbocycles. The fourth-order valence-electron chi connectivity index (χ4n) is 13.1. The molecule has 5 fully saturated rings. The molecule has 46 heavy (non-hydrogen) atoms. The van der Waals surface area contributed by atoms with Gasteiger partial charge < -0.3 is 9.84 Å². The number of halogens is 1. The molecule has 0 bridgehead atoms. The highest BCUT2D eigenvalue weighted by Gasteiger charge is 2.72. The normalized spacial score (nSPS) is 44.0. The molecule has 0 saturated heterocycles. The number of rotatable bonds is 9. The zero-order valence-electron chi connectivity index (χ0n) is 30.4. The number of fused-ring (bicyclic) bond motifs is 7. The zero-order chi connectivity index (χ0) is 34.1. The third-order valence-electron chi connectivity index (χ3n) is 15.4. The molecular weight excluding hydrogens is 579 g/mol. The standard InChI is InChI=1S/C39H63FN2O4/c1-11-41-42-33(40)39-19-14-25(24(2)3)32(39)26-12-13-28-36(8)17-16-29(46-31(45)23-34(4,5)22-30(43)44)35(6,7)27(36)15-18-38(28,10)37(26,9)20-21-39/h25-29,32-33H,2,11-23H2,1,3-10H3,(H,43,44)/t25-,26+,27-,28+,29-,32+,33?,36-,37+,38+,39-/m0/s1. The van der Waals surface area contributed by atoms with Crippen molar-refractivity contribution < 1.29 is 23.8 Å². The number of hydrogen-bond donors (Lipinski definition) is 1. The van der Waals surface area contributed by atoms with E-state index in [2.05, 4.69) is 58.3 Å². The number of esters is 1. The molecule has 0 aromatic rings. The molecule has 0 spiro atoms. The summed E-state index contributed by atoms with van der Waals surface area (Å²) < 4.78 is 22.5. The molecule has 0 aliphatic heterocycles. The van der Waals surface area contributed by atoms with Crippen LogP contribution in [0.1, 0.15) is 139 Å². The number of carbonyl (C=O) groups excluding carboxylic acids is 1. The van der Waals surface area contributed by atoms with Gasteiger partial charge in [-0.2, -0.15) is 10.2 Å². The maximum absolute atomic E-state index is 16.3. The van der Waals surface area contributed by atoms with Crippen molar-refractivity contribution in [2.24, 2.45) is 72.3 Å². The molecule has 5 saturated carbocycles. The van der Waals surface area contributed by atoms with Crippen LogP contribution in [0.25, 0.3) is 0 Å². The third kappa shape index (κ3) is 5.40. The molecule has 1 N–H and O–H groups in total. The van der Waals surface area contributed by atoms with Gasteiger partial charge in [-0.05, 0) is 129 Å². The first kappa shape index (κ1) is 35.5. The third-order valence-corrected chi connectivity index (χ3v) is 15.4. The first-order valence-corrected chi connectivity index (χ1v) is 18.4. The summed E-state index contributed by atoms with van der Waals surface area (Å²) in [4.78, 5) is 24.5. The van der Waals surface area contributed by atoms with Crippen LogP contribution in [-0.2, 0) is 14.3 Å². The van der Waals surface area contributed by atoms with Gasteiger partial charge in [0.15, 0.2) is 0 Å². The highest BCUT2D eigenvalue weighted by molar-refractivity contribution is 5.73. The van der Waals surface area contributed by atoms with E-state index in [9.17, 15) is 14.7 Å². The van der Waals surface area contributed by atoms with Crippen molar-refractivity contribution in [1.29, 1.82) is 0 Å². The second-order valence-electron chi connectivity index (χ2n) is 18.6. The van der Waals surface area contributed by atoms with E-state index in [4.69, 9.17) is 4.74 Å². The Labute approximate surface area is 278 Å². The minimum Gasteiger partial charge on any atom is -0.481 e. The molecule has 0 radical (unpaired) electrons. The summed E-state index contributed by atoms with van der Waals surface area (Å²) in [5.74, 6) is 0.869. The molecule has 0 heterocycles. The van der Waals surface area contributed by atoms with Gasteiger partial charge in [-0.25, -0.2) is 4.39 Å². The summed E-state index contributed by atoms with van der Waals surface area (Å²) in [6.45, 7) is 25.0. The lowest BCUT2D eigenvalue weighted by atomic mass is 9.32. The quantitative estimate of drug-likeness (QED) is 0.117. The van der Waals surface area contributed by atoms with E-state index in [1.807, 2.05) is 20.8 Å². The molecule has 1 unspecified atom stereocenters. The van der Waals surface area contributed by atoms with E-state index in [1.165, 1.54) is 5.57 Å². The Morgan fingerprint density at radius 2 is 1.63 bits per heavy atom. The van der Waals surface area contributed by atoms with Crippen molar-refractivity contribution in [2.45, 2.75) is 152 Å². The SMILES string of the molecule is C=C(C)[C@@H]1CC[C@]2(C(F)N=NCC)CC[C@]3(C)[C@H](CC[C@@H]4[C@@]5(C)CC[C@H](OC(=O)CC(C)(C)CC(=O)O)C(C)(C)[C@@H]5CC[C@]43C)[C@@H]12. The number of nitrogens with zero attached hydrogens (tertiary/aromatic N) is 2. The van der Waals surface area contributed by atoms with Crippen LogP contribution >= 0.6 is 0 Å². The van der Waals surface area contributed by atoms with Crippen LogP contribution in [0, 0.1) is 62.1 Å². The summed E-state index contributed by atoms with van der Waals surface area (Å²) in [6, 6.07) is 0. The minimum atomic E-state index is -1.24. The Bertz CT molecular complexity index is 1250. The maximum Gasteiger partial charge on any atom is 0.306 e. The molecule has 0 amide bonds. The van der Waals surface area contributed by atoms with E-state index in [-0.39, 0.29) is 52.5 Å². The Hall–Kier alpha value is -1.79. The molecule has 0 aromatic heterocycles. The summed E-state index contributed by atoms with van der Waals surface area (Å²) in [6.07, 6.45) is 8.88. The Kier molecular flexibility index (Phi) is 9.24. The fraction of sp³-hybridized carbons (Fsp3) is 0.897. The number of alkyl halides is 1. The number of azo groups is 1. The number of ether oxygens (including phenoxy) is 1. The molecular formula is C39H63FN2O4. The Balaban J connectivity index is 1.41. The van der Waals surface area contributed by atoms with Crippen molar-refractivity contribution in [1.82, 2.24) is 0 Å². The molecule has 7 heteroatoms. The number of carbonyl (C=O) groups is 2. The average molecular weight is 643 g/mol. The maximum atomic E-state index is 16.3. The van der Waals surface area contributed by atoms with Crippen LogP contribution in [0.2, 0.25) is 0 Å². The zero-order valence-corrected chi connectivity index (χ0v) is 30.4. The minimum absolute atomic E-state index is 0.0548. The largest absolute Gasteiger partial charge is 0.481 e. The van der Waals surface area contributed by atoms with Gasteiger partial charge in [-0.15, -0.1) is 0 Å². The second-order valence-corrected chi connectivity index (χ2v) is 18.6. The highest BCUT2D eigenvalue weighted by Crippen LogP contribution is 2.78. The smallest absolute Gasteiger partial charge is 0.306 e. The van der Waals surface area contributed by atoms with Crippen LogP contribution in [0.15, 0.2) is 22.4 Å². The van der Waals surface area contributed by atoms with Crippen LogP contribution in [-0.4, -0.2) is 36.0 Å². The number of allylic oxidation sites excluding steroid dienone is 1. The summed E-state index contributed by atoms with van der Waals surface area (Å²) in [7, 11) is 0. The number of carboxylic acids is 1. The molecule has 260 valence electrons. The predicted octanol–water partition coefficient (Wildman–Crippen LogP) is 10.2. The number of aliphatic carboxylic acids is 1. The first-order valence-electron chi connectivity index (χ1n) is 18.4. The Morgan fingerprint density at radius 3 is 2.26 bits per heavy atom. The predicted molar refractivity (Wildman–Crippen MR) is 180 cm³/mol. The van der Waals surface area contributed by atoms with E-state index in [1.54, 1.807) is 0 Å². The van der Waals surface area contributed by atoms with Gasteiger partial charge in [-0.3, -0.25) is 9.59 Å². The lowest BCUT2D eigenvalue weighted by molar-refractivity contribution is -0.253. The number of carboxylic acid groups (broad SMARTS) is 1. The van der Waals surface area contributed by atoms with Crippen molar-refractivity contribution in [3.8, 4) is 0 Å². The second kappa shape index (κ2) is 12.0. The van der Waals surface area contributed by atoms with E-state index < -0.39 is 23.1 Å². The van der Waals surface area contributed by atoms with E-state index >= 15 is 4.39 Å². The van der Waals surface area contributed by atoms with Gasteiger partial charge in [0.2, 0.25) is 6.30 Å². The van der Waals surface area contributed by atoms with Crippen LogP contribution in [0.3, 0.4) is 0 Å². The van der Waals surface area contributed by atoms with Crippen molar-refractivity contribution >= 4 is 11.9 Å². The molecule has 6 nitrogen and oxygen atoms in total. The van der Waals surface area contributed by atoms with Gasteiger partial charge in [-0.1, -0.05) is 60.6 Å². The van der Waals surface area contributed by atoms with Crippen molar-refractivity contribution in [3.63, 3.8) is 0 Å². The van der Waals surface area contributed by atoms with Gasteiger partial charge in [0.1, 0.15) is 6.10 Å². The van der Waals surface area contributed by atoms with Gasteiger partial charge >= 0.3 is 11.9 Å². The highest BCUT2D eigenvalue weighted by atomic mass is 19.1. The van der Waals surface area contributed by atoms with Crippen molar-refractivity contribution in [2.75, 3.05) is 6.54 Å². The number of hydrogen-bond acceptors (Lipinski definition) is 5. The van der Waals surface area contributed by atoms with Gasteiger partial charge in [0.25, 0.3) is 0 Å². The first-order chi connectivity index (χ1) is 21.3. The molecule has 11 atom stereocenters. The fourth-order valence-corrected chi connectivity index (χ4v) is 13.1. The lowest BCUT2D eigenvalue weighted by Crippen LogP contribution is -2.67. The van der Waals surface area contributed by atoms with Crippen molar-refractivity contribution in [3.05, 3.63) is 12.2 Å². The summed E-state index contributed by atoms with van der Waals surface area (Å²) in [5, 5.41) is 17.7. The van der Waals surface area contributed by atoms with E-state index in [0.29, 0.717) is 30.2 Å². The topological polar surface area (TPSA) is 88.3 Å². The lowest BCUT2D eigenvalue weighted by Gasteiger charge is -2.73. The molecule has 5 aliphatic rings. The summed E-state index contributed by atoms with van der Waals surface area (Å²) in [5.41, 5.74) is 0.347. The van der Waals surface area contributed by atoms with Gasteiger partial charge in [0.05, 0.1) is 19.4 Å². The molecule has 0 aromatic carbocycles. The average Bonchev–Trinajstić information content (AvgIpc) is 3.34. The summed E-state index contributed by atoms with van der Waals surface area (Å²) >= 11 is 0. The van der Waals surface area contributed by atoms with E-state index in [0.717, 1.165) is 64.2 Å². The molecule has 5 rings (SSSR count). The monoisotopic (exact) mass is 642 g/mol. The van der Waals surface area contributed by atoms with Gasteiger partial charge in [0, 0.05) is 10.8 Å².